The Balaban J connectivity index is 3.23. The Labute approximate surface area is 119 Å². The van der Waals surface area contributed by atoms with Gasteiger partial charge in [0.2, 0.25) is 0 Å². The molecule has 0 radical (unpaired) electrons. The van der Waals surface area contributed by atoms with Crippen molar-refractivity contribution in [1.29, 1.82) is 0 Å². The number of rotatable bonds is 5. The van der Waals surface area contributed by atoms with Crippen molar-refractivity contribution in [3.8, 4) is 11.5 Å². The van der Waals surface area contributed by atoms with E-state index in [1.165, 1.54) is 33.3 Å². The Kier molecular flexibility index (Phi) is 5.17. The van der Waals surface area contributed by atoms with Gasteiger partial charge in [-0.3, -0.25) is 0 Å². The molecule has 1 aromatic rings. The van der Waals surface area contributed by atoms with Gasteiger partial charge in [0, 0.05) is 12.0 Å². The summed E-state index contributed by atoms with van der Waals surface area (Å²) in [5.41, 5.74) is 0.0235. The maximum atomic E-state index is 12.5. The zero-order valence-electron chi connectivity index (χ0n) is 11.2. The van der Waals surface area contributed by atoms with E-state index in [1.54, 1.807) is 0 Å². The molecular weight excluding hydrogens is 295 g/mol. The van der Waals surface area contributed by atoms with Crippen molar-refractivity contribution in [2.45, 2.75) is 29.5 Å². The van der Waals surface area contributed by atoms with E-state index in [0.29, 0.717) is 5.56 Å². The molecular formula is C12H16F3NO3S. The number of hydrogen-bond donors (Lipinski definition) is 2. The number of alkyl halides is 3. The summed E-state index contributed by atoms with van der Waals surface area (Å²) in [6.07, 6.45) is 0.0174. The quantitative estimate of drug-likeness (QED) is 0.646. The van der Waals surface area contributed by atoms with Crippen LogP contribution in [0.4, 0.5) is 13.2 Å². The SMILES string of the molecule is COc1cc(SC(F)(F)F)c(OC)cc1CC(C)(N)O. The first-order chi connectivity index (χ1) is 9.05. The third kappa shape index (κ3) is 5.10. The maximum Gasteiger partial charge on any atom is 0.446 e. The third-order valence-electron chi connectivity index (χ3n) is 2.34. The van der Waals surface area contributed by atoms with Gasteiger partial charge in [-0.1, -0.05) is 0 Å². The molecule has 0 aliphatic carbocycles. The van der Waals surface area contributed by atoms with Crippen molar-refractivity contribution in [2.24, 2.45) is 5.73 Å². The fraction of sp³-hybridized carbons (Fsp3) is 0.500. The lowest BCUT2D eigenvalue weighted by Gasteiger charge is -2.21. The van der Waals surface area contributed by atoms with Gasteiger partial charge in [0.15, 0.2) is 0 Å². The van der Waals surface area contributed by atoms with Crippen molar-refractivity contribution < 1.29 is 27.8 Å². The largest absolute Gasteiger partial charge is 0.496 e. The normalized spacial score (nSPS) is 14.8. The van der Waals surface area contributed by atoms with Crippen molar-refractivity contribution in [1.82, 2.24) is 0 Å². The summed E-state index contributed by atoms with van der Waals surface area (Å²) < 4.78 is 47.4. The molecule has 1 atom stereocenters. The van der Waals surface area contributed by atoms with Gasteiger partial charge >= 0.3 is 5.51 Å². The number of methoxy groups -OCH3 is 2. The maximum absolute atomic E-state index is 12.5. The van der Waals surface area contributed by atoms with Crippen LogP contribution in [0.2, 0.25) is 0 Å². The van der Waals surface area contributed by atoms with Crippen LogP contribution < -0.4 is 15.2 Å². The number of benzene rings is 1. The van der Waals surface area contributed by atoms with E-state index in [4.69, 9.17) is 15.2 Å². The fourth-order valence-corrected chi connectivity index (χ4v) is 2.32. The molecule has 4 nitrogen and oxygen atoms in total. The molecule has 0 spiro atoms. The zero-order valence-corrected chi connectivity index (χ0v) is 12.1. The molecule has 1 rings (SSSR count). The van der Waals surface area contributed by atoms with Crippen molar-refractivity contribution in [3.05, 3.63) is 17.7 Å². The number of halogens is 3. The van der Waals surface area contributed by atoms with Gasteiger partial charge in [0.1, 0.15) is 17.2 Å². The summed E-state index contributed by atoms with van der Waals surface area (Å²) in [4.78, 5) is -0.114. The summed E-state index contributed by atoms with van der Waals surface area (Å²) in [5, 5.41) is 9.61. The minimum absolute atomic E-state index is 0.0174. The Morgan fingerprint density at radius 3 is 2.15 bits per heavy atom. The molecule has 0 aromatic heterocycles. The van der Waals surface area contributed by atoms with E-state index in [9.17, 15) is 18.3 Å². The molecule has 20 heavy (non-hydrogen) atoms. The average Bonchev–Trinajstić information content (AvgIpc) is 2.26. The summed E-state index contributed by atoms with van der Waals surface area (Å²) in [6.45, 7) is 1.39. The van der Waals surface area contributed by atoms with E-state index in [1.807, 2.05) is 0 Å². The lowest BCUT2D eigenvalue weighted by molar-refractivity contribution is -0.0329. The Morgan fingerprint density at radius 1 is 1.20 bits per heavy atom. The van der Waals surface area contributed by atoms with Crippen molar-refractivity contribution in [2.75, 3.05) is 14.2 Å². The monoisotopic (exact) mass is 311 g/mol. The predicted octanol–water partition coefficient (Wildman–Crippen LogP) is 2.53. The topological polar surface area (TPSA) is 64.7 Å². The summed E-state index contributed by atoms with van der Waals surface area (Å²) in [7, 11) is 2.60. The summed E-state index contributed by atoms with van der Waals surface area (Å²) in [5.74, 6) is 0.260. The van der Waals surface area contributed by atoms with Crippen LogP contribution in [-0.2, 0) is 6.42 Å². The molecule has 0 aliphatic heterocycles. The van der Waals surface area contributed by atoms with Gasteiger partial charge in [0.05, 0.1) is 19.1 Å². The second-order valence-electron chi connectivity index (χ2n) is 4.40. The second-order valence-corrected chi connectivity index (χ2v) is 5.50. The van der Waals surface area contributed by atoms with Gasteiger partial charge in [-0.2, -0.15) is 13.2 Å². The Hall–Kier alpha value is -1.12. The van der Waals surface area contributed by atoms with Crippen LogP contribution in [-0.4, -0.2) is 30.6 Å². The van der Waals surface area contributed by atoms with E-state index in [0.717, 1.165) is 0 Å². The van der Waals surface area contributed by atoms with E-state index < -0.39 is 11.2 Å². The second kappa shape index (κ2) is 6.11. The number of ether oxygens (including phenoxy) is 2. The fourth-order valence-electron chi connectivity index (χ4n) is 1.66. The lowest BCUT2D eigenvalue weighted by Crippen LogP contribution is -2.38. The molecule has 0 fully saturated rings. The molecule has 1 unspecified atom stereocenters. The summed E-state index contributed by atoms with van der Waals surface area (Å²) >= 11 is -0.291. The van der Waals surface area contributed by atoms with Crippen LogP contribution in [0.5, 0.6) is 11.5 Å². The molecule has 0 bridgehead atoms. The average molecular weight is 311 g/mol. The number of nitrogens with two attached hydrogens (primary N) is 1. The Morgan fingerprint density at radius 2 is 1.75 bits per heavy atom. The van der Waals surface area contributed by atoms with Crippen LogP contribution in [0.1, 0.15) is 12.5 Å². The Bertz CT molecular complexity index is 428. The third-order valence-corrected chi connectivity index (χ3v) is 3.11. The smallest absolute Gasteiger partial charge is 0.446 e. The van der Waals surface area contributed by atoms with E-state index in [-0.39, 0.29) is 34.6 Å². The number of aliphatic hydroxyl groups is 1. The van der Waals surface area contributed by atoms with Gasteiger partial charge in [-0.05, 0) is 30.8 Å². The molecule has 3 N–H and O–H groups in total. The van der Waals surface area contributed by atoms with Gasteiger partial charge < -0.3 is 20.3 Å². The van der Waals surface area contributed by atoms with Crippen LogP contribution >= 0.6 is 11.8 Å². The zero-order chi connectivity index (χ0) is 15.6. The molecule has 8 heteroatoms. The molecule has 0 amide bonds. The highest BCUT2D eigenvalue weighted by atomic mass is 32.2. The van der Waals surface area contributed by atoms with E-state index >= 15 is 0 Å². The molecule has 114 valence electrons. The van der Waals surface area contributed by atoms with Gasteiger partial charge in [-0.25, -0.2) is 0 Å². The van der Waals surface area contributed by atoms with Crippen LogP contribution in [0.25, 0.3) is 0 Å². The highest BCUT2D eigenvalue weighted by Crippen LogP contribution is 2.44. The highest BCUT2D eigenvalue weighted by molar-refractivity contribution is 8.00. The summed E-state index contributed by atoms with van der Waals surface area (Å²) in [6, 6.07) is 2.60. The minimum Gasteiger partial charge on any atom is -0.496 e. The highest BCUT2D eigenvalue weighted by Gasteiger charge is 2.32. The first kappa shape index (κ1) is 16.9. The molecule has 0 aliphatic rings. The first-order valence-electron chi connectivity index (χ1n) is 5.57. The molecule has 0 saturated carbocycles. The predicted molar refractivity (Wildman–Crippen MR) is 70.0 cm³/mol. The standard InChI is InChI=1S/C12H16F3NO3S/c1-11(16,17)6-7-4-9(19-3)10(5-8(7)18-2)20-12(13,14)15/h4-5,17H,6,16H2,1-3H3. The molecule has 1 aromatic carbocycles. The van der Waals surface area contributed by atoms with Gasteiger partial charge in [-0.15, -0.1) is 0 Å². The van der Waals surface area contributed by atoms with Crippen LogP contribution in [0.15, 0.2) is 17.0 Å². The first-order valence-corrected chi connectivity index (χ1v) is 6.39. The van der Waals surface area contributed by atoms with Crippen LogP contribution in [0.3, 0.4) is 0 Å². The number of thioether (sulfide) groups is 1. The van der Waals surface area contributed by atoms with Gasteiger partial charge in [0.25, 0.3) is 0 Å². The number of hydrogen-bond acceptors (Lipinski definition) is 5. The minimum atomic E-state index is -4.43. The van der Waals surface area contributed by atoms with Crippen molar-refractivity contribution in [3.63, 3.8) is 0 Å². The van der Waals surface area contributed by atoms with Crippen LogP contribution in [0, 0.1) is 0 Å². The van der Waals surface area contributed by atoms with Crippen molar-refractivity contribution >= 4 is 11.8 Å². The lowest BCUT2D eigenvalue weighted by atomic mass is 10.0. The van der Waals surface area contributed by atoms with E-state index in [2.05, 4.69) is 0 Å². The molecule has 0 saturated heterocycles. The molecule has 0 heterocycles.